The van der Waals surface area contributed by atoms with Crippen molar-refractivity contribution in [2.75, 3.05) is 0 Å². The topological polar surface area (TPSA) is 40.5 Å². The molecule has 0 aromatic heterocycles. The number of allylic oxidation sites excluding steroid dienone is 2. The second-order valence-corrected chi connectivity index (χ2v) is 12.4. The fourth-order valence-corrected chi connectivity index (χ4v) is 8.24. The lowest BCUT2D eigenvalue weighted by molar-refractivity contribution is -0.0950. The highest BCUT2D eigenvalue weighted by Crippen LogP contribution is 2.67. The Bertz CT molecular complexity index is 693. The fourth-order valence-electron chi connectivity index (χ4n) is 8.24. The van der Waals surface area contributed by atoms with Crippen LogP contribution in [0.15, 0.2) is 23.8 Å². The number of fused-ring (bicyclic) bond motifs is 5. The molecule has 0 bridgehead atoms. The van der Waals surface area contributed by atoms with Crippen molar-refractivity contribution in [1.82, 2.24) is 0 Å². The van der Waals surface area contributed by atoms with E-state index in [4.69, 9.17) is 0 Å². The summed E-state index contributed by atoms with van der Waals surface area (Å²) in [6.45, 7) is 14.4. The van der Waals surface area contributed by atoms with Crippen LogP contribution >= 0.6 is 0 Å². The highest BCUT2D eigenvalue weighted by molar-refractivity contribution is 5.28. The Morgan fingerprint density at radius 2 is 1.67 bits per heavy atom. The summed E-state index contributed by atoms with van der Waals surface area (Å²) in [7, 11) is 0. The van der Waals surface area contributed by atoms with Gasteiger partial charge in [0.15, 0.2) is 0 Å². The van der Waals surface area contributed by atoms with Crippen molar-refractivity contribution in [2.45, 2.75) is 98.7 Å². The maximum atomic E-state index is 11.3. The van der Waals surface area contributed by atoms with Gasteiger partial charge in [0.1, 0.15) is 0 Å². The highest BCUT2D eigenvalue weighted by atomic mass is 16.3. The third kappa shape index (κ3) is 3.54. The normalized spacial score (nSPS) is 48.1. The van der Waals surface area contributed by atoms with Gasteiger partial charge in [-0.05, 0) is 97.2 Å². The van der Waals surface area contributed by atoms with Gasteiger partial charge >= 0.3 is 0 Å². The first-order valence-corrected chi connectivity index (χ1v) is 12.8. The van der Waals surface area contributed by atoms with E-state index in [-0.39, 0.29) is 17.6 Å². The second kappa shape index (κ2) is 8.07. The molecule has 0 saturated heterocycles. The summed E-state index contributed by atoms with van der Waals surface area (Å²) in [5.74, 6) is 4.31. The summed E-state index contributed by atoms with van der Waals surface area (Å²) in [6.07, 6.45) is 14.5. The Kier molecular flexibility index (Phi) is 6.08. The molecule has 0 heterocycles. The van der Waals surface area contributed by atoms with Crippen molar-refractivity contribution in [2.24, 2.45) is 52.3 Å². The molecule has 0 amide bonds. The van der Waals surface area contributed by atoms with Crippen molar-refractivity contribution >= 4 is 0 Å². The predicted molar refractivity (Wildman–Crippen MR) is 125 cm³/mol. The summed E-state index contributed by atoms with van der Waals surface area (Å²) in [4.78, 5) is 0. The highest BCUT2D eigenvalue weighted by Gasteiger charge is 2.60. The minimum atomic E-state index is -0.321. The zero-order valence-corrected chi connectivity index (χ0v) is 20.3. The van der Waals surface area contributed by atoms with Crippen molar-refractivity contribution in [3.63, 3.8) is 0 Å². The van der Waals surface area contributed by atoms with Crippen LogP contribution in [0.3, 0.4) is 0 Å². The Morgan fingerprint density at radius 3 is 2.37 bits per heavy atom. The van der Waals surface area contributed by atoms with Gasteiger partial charge in [-0.2, -0.15) is 0 Å². The molecule has 170 valence electrons. The third-order valence-electron chi connectivity index (χ3n) is 10.6. The van der Waals surface area contributed by atoms with Crippen LogP contribution in [0.5, 0.6) is 0 Å². The maximum Gasteiger partial charge on any atom is 0.0757 e. The molecule has 30 heavy (non-hydrogen) atoms. The van der Waals surface area contributed by atoms with E-state index in [0.717, 1.165) is 25.2 Å². The minimum Gasteiger partial charge on any atom is -0.393 e. The largest absolute Gasteiger partial charge is 0.393 e. The van der Waals surface area contributed by atoms with Crippen LogP contribution < -0.4 is 0 Å². The van der Waals surface area contributed by atoms with Gasteiger partial charge < -0.3 is 10.2 Å². The molecule has 0 spiro atoms. The molecule has 4 aliphatic carbocycles. The molecule has 0 unspecified atom stereocenters. The van der Waals surface area contributed by atoms with Gasteiger partial charge in [-0.1, -0.05) is 65.3 Å². The van der Waals surface area contributed by atoms with Crippen molar-refractivity contribution < 1.29 is 10.2 Å². The lowest BCUT2D eigenvalue weighted by atomic mass is 9.46. The van der Waals surface area contributed by atoms with E-state index in [2.05, 4.69) is 59.8 Å². The number of aliphatic hydroxyl groups excluding tert-OH is 2. The smallest absolute Gasteiger partial charge is 0.0757 e. The molecule has 2 heteroatoms. The van der Waals surface area contributed by atoms with Gasteiger partial charge in [-0.25, -0.2) is 0 Å². The van der Waals surface area contributed by atoms with Crippen molar-refractivity contribution in [1.29, 1.82) is 0 Å². The number of rotatable bonds is 4. The molecule has 0 aromatic carbocycles. The van der Waals surface area contributed by atoms with Crippen LogP contribution in [0.2, 0.25) is 0 Å². The van der Waals surface area contributed by atoms with E-state index in [0.29, 0.717) is 40.9 Å². The molecule has 0 aliphatic heterocycles. The van der Waals surface area contributed by atoms with E-state index < -0.39 is 0 Å². The zero-order valence-electron chi connectivity index (χ0n) is 20.3. The third-order valence-corrected chi connectivity index (χ3v) is 10.6. The molecule has 0 aromatic rings. The Labute approximate surface area is 185 Å². The second-order valence-electron chi connectivity index (χ2n) is 12.4. The number of hydrogen-bond donors (Lipinski definition) is 2. The Morgan fingerprint density at radius 1 is 0.933 bits per heavy atom. The SMILES string of the molecule is CC(C)[C@H](C)/C=C/[C@@H](C)[C@H]1CC[C@H]2[C@@H]3[C@H](O)C=C4C[C@@H](O)CC[C@]4(C)[C@H]3CC[C@]12C. The van der Waals surface area contributed by atoms with Crippen LogP contribution in [-0.4, -0.2) is 22.4 Å². The first-order valence-electron chi connectivity index (χ1n) is 12.8. The summed E-state index contributed by atoms with van der Waals surface area (Å²) in [5.41, 5.74) is 1.90. The first kappa shape index (κ1) is 22.6. The summed E-state index contributed by atoms with van der Waals surface area (Å²) < 4.78 is 0. The average Bonchev–Trinajstić information content (AvgIpc) is 3.04. The molecular weight excluding hydrogens is 368 g/mol. The van der Waals surface area contributed by atoms with Gasteiger partial charge in [0.25, 0.3) is 0 Å². The fraction of sp³-hybridized carbons (Fsp3) is 0.857. The van der Waals surface area contributed by atoms with Crippen LogP contribution in [0.25, 0.3) is 0 Å². The number of hydrogen-bond acceptors (Lipinski definition) is 2. The Balaban J connectivity index is 1.57. The van der Waals surface area contributed by atoms with E-state index in [1.54, 1.807) is 0 Å². The summed E-state index contributed by atoms with van der Waals surface area (Å²) in [6, 6.07) is 0. The van der Waals surface area contributed by atoms with E-state index >= 15 is 0 Å². The molecular formula is C28H46O2. The standard InChI is InChI=1S/C28H46O2/c1-17(2)18(3)7-8-19(4)22-9-10-23-26-24(12-14-28(22,23)6)27(5)13-11-21(29)15-20(27)16-25(26)30/h7-8,16-19,21-26,29-30H,9-15H2,1-6H3/b8-7+/t18-,19-,21+,22-,23+,24+,25-,26+,27+,28-/m1/s1. The van der Waals surface area contributed by atoms with Crippen LogP contribution in [-0.2, 0) is 0 Å². The minimum absolute atomic E-state index is 0.195. The average molecular weight is 415 g/mol. The molecule has 4 aliphatic rings. The van der Waals surface area contributed by atoms with Crippen LogP contribution in [0, 0.1) is 52.3 Å². The van der Waals surface area contributed by atoms with Gasteiger partial charge in [-0.15, -0.1) is 0 Å². The van der Waals surface area contributed by atoms with E-state index in [1.807, 2.05) is 0 Å². The van der Waals surface area contributed by atoms with Gasteiger partial charge in [0.05, 0.1) is 12.2 Å². The number of aliphatic hydroxyl groups is 2. The molecule has 4 rings (SSSR count). The molecule has 2 N–H and O–H groups in total. The monoisotopic (exact) mass is 414 g/mol. The lowest BCUT2D eigenvalue weighted by Crippen LogP contribution is -2.54. The molecule has 3 fully saturated rings. The van der Waals surface area contributed by atoms with Crippen LogP contribution in [0.1, 0.15) is 86.5 Å². The summed E-state index contributed by atoms with van der Waals surface area (Å²) >= 11 is 0. The Hall–Kier alpha value is -0.600. The zero-order chi connectivity index (χ0) is 21.8. The van der Waals surface area contributed by atoms with Crippen LogP contribution in [0.4, 0.5) is 0 Å². The molecule has 0 radical (unpaired) electrons. The molecule has 3 saturated carbocycles. The maximum absolute atomic E-state index is 11.3. The van der Waals surface area contributed by atoms with Gasteiger partial charge in [-0.3, -0.25) is 0 Å². The lowest BCUT2D eigenvalue weighted by Gasteiger charge is -2.59. The summed E-state index contributed by atoms with van der Waals surface area (Å²) in [5, 5.41) is 21.5. The molecule has 2 nitrogen and oxygen atoms in total. The van der Waals surface area contributed by atoms with Gasteiger partial charge in [0.2, 0.25) is 0 Å². The first-order chi connectivity index (χ1) is 14.1. The predicted octanol–water partition coefficient (Wildman–Crippen LogP) is 6.38. The van der Waals surface area contributed by atoms with E-state index in [1.165, 1.54) is 31.3 Å². The van der Waals surface area contributed by atoms with E-state index in [9.17, 15) is 10.2 Å². The van der Waals surface area contributed by atoms with Gasteiger partial charge in [0, 0.05) is 0 Å². The molecule has 10 atom stereocenters. The quantitative estimate of drug-likeness (QED) is 0.524. The van der Waals surface area contributed by atoms with Crippen molar-refractivity contribution in [3.8, 4) is 0 Å². The van der Waals surface area contributed by atoms with Crippen molar-refractivity contribution in [3.05, 3.63) is 23.8 Å².